The highest BCUT2D eigenvalue weighted by atomic mass is 16.5. The van der Waals surface area contributed by atoms with Crippen molar-refractivity contribution in [1.82, 2.24) is 10.3 Å². The Labute approximate surface area is 165 Å². The summed E-state index contributed by atoms with van der Waals surface area (Å²) in [5.74, 6) is 0.648. The predicted octanol–water partition coefficient (Wildman–Crippen LogP) is 4.25. The minimum atomic E-state index is -0.204. The van der Waals surface area contributed by atoms with Gasteiger partial charge in [-0.1, -0.05) is 60.7 Å². The Balaban J connectivity index is 1.47. The van der Waals surface area contributed by atoms with E-state index < -0.39 is 0 Å². The number of pyridine rings is 1. The normalized spacial score (nSPS) is 13.0. The summed E-state index contributed by atoms with van der Waals surface area (Å²) in [6.07, 6.45) is 6.04. The average Bonchev–Trinajstić information content (AvgIpc) is 2.77. The van der Waals surface area contributed by atoms with Gasteiger partial charge in [-0.15, -0.1) is 0 Å². The third-order valence-corrected chi connectivity index (χ3v) is 5.12. The van der Waals surface area contributed by atoms with Crippen molar-refractivity contribution < 1.29 is 9.53 Å². The Hall–Kier alpha value is -3.14. The minimum Gasteiger partial charge on any atom is -0.483 e. The highest BCUT2D eigenvalue weighted by Crippen LogP contribution is 2.28. The monoisotopic (exact) mass is 372 g/mol. The van der Waals surface area contributed by atoms with Gasteiger partial charge in [-0.25, -0.2) is 0 Å². The number of benzene rings is 2. The lowest BCUT2D eigenvalue weighted by molar-refractivity contribution is -0.123. The van der Waals surface area contributed by atoms with Crippen LogP contribution in [-0.4, -0.2) is 17.5 Å². The van der Waals surface area contributed by atoms with Crippen LogP contribution in [0, 0.1) is 0 Å². The van der Waals surface area contributed by atoms with Crippen molar-refractivity contribution in [1.29, 1.82) is 0 Å². The number of amides is 1. The Kier molecular flexibility index (Phi) is 5.66. The molecule has 3 aromatic rings. The molecule has 1 heterocycles. The van der Waals surface area contributed by atoms with Crippen LogP contribution in [0.4, 0.5) is 0 Å². The number of hydrogen-bond donors (Lipinski definition) is 1. The van der Waals surface area contributed by atoms with Crippen LogP contribution >= 0.6 is 0 Å². The number of fused-ring (bicyclic) bond motifs is 1. The van der Waals surface area contributed by atoms with Crippen molar-refractivity contribution in [3.8, 4) is 5.75 Å². The van der Waals surface area contributed by atoms with Gasteiger partial charge in [0.1, 0.15) is 5.75 Å². The summed E-state index contributed by atoms with van der Waals surface area (Å²) >= 11 is 0. The van der Waals surface area contributed by atoms with Crippen LogP contribution in [0.15, 0.2) is 72.9 Å². The fourth-order valence-electron chi connectivity index (χ4n) is 3.72. The summed E-state index contributed by atoms with van der Waals surface area (Å²) in [5.41, 5.74) is 4.35. The first-order valence-corrected chi connectivity index (χ1v) is 9.80. The first-order chi connectivity index (χ1) is 13.8. The summed E-state index contributed by atoms with van der Waals surface area (Å²) in [6.45, 7) is -0.00732. The molecule has 1 aliphatic carbocycles. The molecule has 1 amide bonds. The molecular weight excluding hydrogens is 348 g/mol. The van der Waals surface area contributed by atoms with Gasteiger partial charge in [-0.05, 0) is 42.9 Å². The summed E-state index contributed by atoms with van der Waals surface area (Å²) in [7, 11) is 0. The van der Waals surface area contributed by atoms with Crippen molar-refractivity contribution in [3.63, 3.8) is 0 Å². The highest BCUT2D eigenvalue weighted by molar-refractivity contribution is 5.78. The summed E-state index contributed by atoms with van der Waals surface area (Å²) in [4.78, 5) is 17.1. The van der Waals surface area contributed by atoms with Gasteiger partial charge in [-0.2, -0.15) is 0 Å². The van der Waals surface area contributed by atoms with E-state index in [1.54, 1.807) is 6.20 Å². The number of nitrogens with one attached hydrogen (secondary N) is 1. The lowest BCUT2D eigenvalue weighted by Crippen LogP contribution is -2.33. The van der Waals surface area contributed by atoms with Gasteiger partial charge in [0.25, 0.3) is 5.91 Å². The standard InChI is InChI=1S/C24H24N2O2/c27-23(17-28-22-15-16-25-21-14-8-7-13-20(21)22)26-24(18-9-3-1-4-10-18)19-11-5-2-6-12-19/h1-6,9-12,15-16,24H,7-8,13-14,17H2,(H,26,27). The van der Waals surface area contributed by atoms with Crippen molar-refractivity contribution in [2.24, 2.45) is 0 Å². The second-order valence-electron chi connectivity index (χ2n) is 7.05. The van der Waals surface area contributed by atoms with Crippen LogP contribution in [0.3, 0.4) is 0 Å². The van der Waals surface area contributed by atoms with E-state index in [4.69, 9.17) is 4.74 Å². The maximum absolute atomic E-state index is 12.7. The second-order valence-corrected chi connectivity index (χ2v) is 7.05. The summed E-state index contributed by atoms with van der Waals surface area (Å²) < 4.78 is 5.89. The number of rotatable bonds is 6. The molecule has 4 rings (SSSR count). The van der Waals surface area contributed by atoms with Gasteiger partial charge in [-0.3, -0.25) is 9.78 Å². The number of aromatic nitrogens is 1. The SMILES string of the molecule is O=C(COc1ccnc2c1CCCC2)NC(c1ccccc1)c1ccccc1. The number of aryl methyl sites for hydroxylation is 1. The van der Waals surface area contributed by atoms with Crippen LogP contribution in [0.2, 0.25) is 0 Å². The van der Waals surface area contributed by atoms with E-state index in [9.17, 15) is 4.79 Å². The lowest BCUT2D eigenvalue weighted by atomic mass is 9.95. The van der Waals surface area contributed by atoms with Gasteiger partial charge < -0.3 is 10.1 Å². The van der Waals surface area contributed by atoms with Gasteiger partial charge in [0, 0.05) is 17.5 Å². The highest BCUT2D eigenvalue weighted by Gasteiger charge is 2.19. The third-order valence-electron chi connectivity index (χ3n) is 5.12. The van der Waals surface area contributed by atoms with E-state index in [0.29, 0.717) is 0 Å². The van der Waals surface area contributed by atoms with E-state index in [0.717, 1.165) is 47.4 Å². The fraction of sp³-hybridized carbons (Fsp3) is 0.250. The van der Waals surface area contributed by atoms with Gasteiger partial charge in [0.15, 0.2) is 6.61 Å². The predicted molar refractivity (Wildman–Crippen MR) is 109 cm³/mol. The number of hydrogen-bond acceptors (Lipinski definition) is 3. The van der Waals surface area contributed by atoms with Crippen LogP contribution in [0.5, 0.6) is 5.75 Å². The first kappa shape index (κ1) is 18.2. The molecule has 0 saturated heterocycles. The molecule has 0 radical (unpaired) electrons. The Bertz CT molecular complexity index is 886. The van der Waals surface area contributed by atoms with E-state index in [-0.39, 0.29) is 18.6 Å². The maximum atomic E-state index is 12.7. The van der Waals surface area contributed by atoms with Crippen molar-refractivity contribution in [3.05, 3.63) is 95.3 Å². The van der Waals surface area contributed by atoms with Crippen LogP contribution in [0.1, 0.15) is 41.3 Å². The molecule has 0 atom stereocenters. The molecule has 0 unspecified atom stereocenters. The van der Waals surface area contributed by atoms with E-state index in [1.165, 1.54) is 6.42 Å². The molecule has 1 aromatic heterocycles. The number of carbonyl (C=O) groups excluding carboxylic acids is 1. The number of ether oxygens (including phenoxy) is 1. The molecular formula is C24H24N2O2. The van der Waals surface area contributed by atoms with E-state index >= 15 is 0 Å². The molecule has 0 spiro atoms. The lowest BCUT2D eigenvalue weighted by Gasteiger charge is -2.21. The molecule has 4 heteroatoms. The zero-order valence-electron chi connectivity index (χ0n) is 15.8. The third kappa shape index (κ3) is 4.22. The molecule has 2 aromatic carbocycles. The second kappa shape index (κ2) is 8.70. The van der Waals surface area contributed by atoms with Gasteiger partial charge in [0.2, 0.25) is 0 Å². The molecule has 0 aliphatic heterocycles. The molecule has 0 bridgehead atoms. The maximum Gasteiger partial charge on any atom is 0.258 e. The zero-order valence-corrected chi connectivity index (χ0v) is 15.8. The molecule has 0 saturated carbocycles. The van der Waals surface area contributed by atoms with Crippen LogP contribution in [0.25, 0.3) is 0 Å². The Morgan fingerprint density at radius 2 is 1.57 bits per heavy atom. The molecule has 28 heavy (non-hydrogen) atoms. The minimum absolute atomic E-state index is 0.00732. The Morgan fingerprint density at radius 3 is 2.25 bits per heavy atom. The number of carbonyl (C=O) groups is 1. The smallest absolute Gasteiger partial charge is 0.258 e. The molecule has 142 valence electrons. The molecule has 0 fully saturated rings. The van der Waals surface area contributed by atoms with Gasteiger partial charge >= 0.3 is 0 Å². The summed E-state index contributed by atoms with van der Waals surface area (Å²) in [5, 5.41) is 3.12. The fourth-order valence-corrected chi connectivity index (χ4v) is 3.72. The van der Waals surface area contributed by atoms with E-state index in [2.05, 4.69) is 10.3 Å². The first-order valence-electron chi connectivity index (χ1n) is 9.80. The van der Waals surface area contributed by atoms with Crippen LogP contribution in [-0.2, 0) is 17.6 Å². The van der Waals surface area contributed by atoms with E-state index in [1.807, 2.05) is 66.7 Å². The number of nitrogens with zero attached hydrogens (tertiary/aromatic N) is 1. The molecule has 4 nitrogen and oxygen atoms in total. The molecule has 1 N–H and O–H groups in total. The van der Waals surface area contributed by atoms with Crippen molar-refractivity contribution in [2.45, 2.75) is 31.7 Å². The van der Waals surface area contributed by atoms with Gasteiger partial charge in [0.05, 0.1) is 6.04 Å². The van der Waals surface area contributed by atoms with Crippen molar-refractivity contribution >= 4 is 5.91 Å². The zero-order chi connectivity index (χ0) is 19.2. The summed E-state index contributed by atoms with van der Waals surface area (Å²) in [6, 6.07) is 21.6. The topological polar surface area (TPSA) is 51.2 Å². The van der Waals surface area contributed by atoms with Crippen molar-refractivity contribution in [2.75, 3.05) is 6.61 Å². The van der Waals surface area contributed by atoms with Crippen LogP contribution < -0.4 is 10.1 Å². The average molecular weight is 372 g/mol. The quantitative estimate of drug-likeness (QED) is 0.704. The largest absolute Gasteiger partial charge is 0.483 e. The Morgan fingerprint density at radius 1 is 0.929 bits per heavy atom. The molecule has 1 aliphatic rings.